The van der Waals surface area contributed by atoms with E-state index in [2.05, 4.69) is 36.1 Å². The monoisotopic (exact) mass is 326 g/mol. The van der Waals surface area contributed by atoms with Crippen molar-refractivity contribution in [1.29, 1.82) is 0 Å². The molecular weight excluding hydrogens is 303 g/mol. The van der Waals surface area contributed by atoms with Crippen molar-refractivity contribution in [3.8, 4) is 0 Å². The Morgan fingerprint density at radius 1 is 1.04 bits per heavy atom. The Balaban J connectivity index is 1.62. The minimum absolute atomic E-state index is 0.0825. The maximum atomic E-state index is 13.7. The lowest BCUT2D eigenvalue weighted by molar-refractivity contribution is 0.0581. The number of rotatable bonds is 3. The largest absolute Gasteiger partial charge is 0.336 e. The first-order valence-corrected chi connectivity index (χ1v) is 8.40. The van der Waals surface area contributed by atoms with Gasteiger partial charge in [-0.2, -0.15) is 0 Å². The lowest BCUT2D eigenvalue weighted by Crippen LogP contribution is -2.49. The van der Waals surface area contributed by atoms with Gasteiger partial charge < -0.3 is 4.90 Å². The van der Waals surface area contributed by atoms with Crippen molar-refractivity contribution in [3.05, 3.63) is 71.0 Å². The van der Waals surface area contributed by atoms with E-state index in [0.29, 0.717) is 30.3 Å². The molecule has 1 amide bonds. The number of piperazine rings is 1. The highest BCUT2D eigenvalue weighted by atomic mass is 19.1. The van der Waals surface area contributed by atoms with Crippen LogP contribution in [0.1, 0.15) is 34.5 Å². The van der Waals surface area contributed by atoms with Crippen molar-refractivity contribution in [2.45, 2.75) is 19.9 Å². The van der Waals surface area contributed by atoms with Crippen molar-refractivity contribution >= 4 is 5.91 Å². The van der Waals surface area contributed by atoms with Crippen LogP contribution >= 0.6 is 0 Å². The first-order chi connectivity index (χ1) is 11.6. The second-order valence-corrected chi connectivity index (χ2v) is 6.38. The number of nitrogens with zero attached hydrogens (tertiary/aromatic N) is 2. The zero-order valence-corrected chi connectivity index (χ0v) is 14.2. The average Bonchev–Trinajstić information content (AvgIpc) is 2.63. The van der Waals surface area contributed by atoms with E-state index in [-0.39, 0.29) is 11.7 Å². The topological polar surface area (TPSA) is 23.6 Å². The molecule has 1 atom stereocenters. The second kappa shape index (κ2) is 7.14. The van der Waals surface area contributed by atoms with Crippen LogP contribution in [0.4, 0.5) is 4.39 Å². The van der Waals surface area contributed by atoms with Crippen LogP contribution in [0, 0.1) is 12.7 Å². The molecule has 0 aromatic heterocycles. The smallest absolute Gasteiger partial charge is 0.254 e. The Morgan fingerprint density at radius 2 is 1.71 bits per heavy atom. The molecule has 24 heavy (non-hydrogen) atoms. The van der Waals surface area contributed by atoms with Gasteiger partial charge in [0.2, 0.25) is 0 Å². The molecule has 2 aromatic carbocycles. The molecule has 1 fully saturated rings. The number of hydrogen-bond acceptors (Lipinski definition) is 2. The molecule has 0 N–H and O–H groups in total. The molecule has 126 valence electrons. The van der Waals surface area contributed by atoms with Crippen LogP contribution in [0.2, 0.25) is 0 Å². The summed E-state index contributed by atoms with van der Waals surface area (Å²) < 4.78 is 13.7. The molecule has 0 aliphatic carbocycles. The third kappa shape index (κ3) is 3.49. The summed E-state index contributed by atoms with van der Waals surface area (Å²) in [5.74, 6) is -0.405. The third-order valence-corrected chi connectivity index (χ3v) is 4.85. The number of hydrogen-bond donors (Lipinski definition) is 0. The molecule has 4 heteroatoms. The molecule has 1 aliphatic rings. The Kier molecular flexibility index (Phi) is 4.95. The number of aryl methyl sites for hydroxylation is 1. The summed E-state index contributed by atoms with van der Waals surface area (Å²) in [6.45, 7) is 6.90. The zero-order valence-electron chi connectivity index (χ0n) is 14.2. The SMILES string of the molecule is Cc1ccc(C(=O)N2CCN(C(C)c3ccccc3)CC2)cc1F. The fraction of sp³-hybridized carbons (Fsp3) is 0.350. The first-order valence-electron chi connectivity index (χ1n) is 8.40. The molecule has 0 spiro atoms. The van der Waals surface area contributed by atoms with Crippen LogP contribution in [-0.4, -0.2) is 41.9 Å². The molecular formula is C20H23FN2O. The molecule has 1 heterocycles. The normalized spacial score (nSPS) is 16.9. The molecule has 0 bridgehead atoms. The van der Waals surface area contributed by atoms with Crippen LogP contribution < -0.4 is 0 Å². The van der Waals surface area contributed by atoms with Crippen molar-refractivity contribution in [3.63, 3.8) is 0 Å². The lowest BCUT2D eigenvalue weighted by Gasteiger charge is -2.38. The summed E-state index contributed by atoms with van der Waals surface area (Å²) in [6.07, 6.45) is 0. The second-order valence-electron chi connectivity index (χ2n) is 6.38. The van der Waals surface area contributed by atoms with Gasteiger partial charge in [0, 0.05) is 37.8 Å². The van der Waals surface area contributed by atoms with Gasteiger partial charge in [-0.25, -0.2) is 4.39 Å². The molecule has 1 aliphatic heterocycles. The Morgan fingerprint density at radius 3 is 2.33 bits per heavy atom. The van der Waals surface area contributed by atoms with Gasteiger partial charge in [-0.1, -0.05) is 36.4 Å². The highest BCUT2D eigenvalue weighted by molar-refractivity contribution is 5.94. The number of benzene rings is 2. The summed E-state index contributed by atoms with van der Waals surface area (Å²) in [4.78, 5) is 16.8. The van der Waals surface area contributed by atoms with Gasteiger partial charge in [0.15, 0.2) is 0 Å². The first kappa shape index (κ1) is 16.7. The maximum absolute atomic E-state index is 13.7. The van der Waals surface area contributed by atoms with E-state index >= 15 is 0 Å². The average molecular weight is 326 g/mol. The van der Waals surface area contributed by atoms with Crippen LogP contribution in [0.5, 0.6) is 0 Å². The van der Waals surface area contributed by atoms with Gasteiger partial charge >= 0.3 is 0 Å². The van der Waals surface area contributed by atoms with Crippen LogP contribution in [-0.2, 0) is 0 Å². The van der Waals surface area contributed by atoms with E-state index in [9.17, 15) is 9.18 Å². The fourth-order valence-corrected chi connectivity index (χ4v) is 3.16. The molecule has 3 rings (SSSR count). The fourth-order valence-electron chi connectivity index (χ4n) is 3.16. The van der Waals surface area contributed by atoms with Crippen LogP contribution in [0.3, 0.4) is 0 Å². The van der Waals surface area contributed by atoms with E-state index in [0.717, 1.165) is 13.1 Å². The minimum Gasteiger partial charge on any atom is -0.336 e. The van der Waals surface area contributed by atoms with E-state index in [4.69, 9.17) is 0 Å². The van der Waals surface area contributed by atoms with E-state index < -0.39 is 0 Å². The van der Waals surface area contributed by atoms with Crippen molar-refractivity contribution in [2.24, 2.45) is 0 Å². The van der Waals surface area contributed by atoms with Crippen LogP contribution in [0.15, 0.2) is 48.5 Å². The summed E-state index contributed by atoms with van der Waals surface area (Å²) >= 11 is 0. The van der Waals surface area contributed by atoms with Gasteiger partial charge in [0.25, 0.3) is 5.91 Å². The van der Waals surface area contributed by atoms with E-state index in [1.807, 2.05) is 11.0 Å². The van der Waals surface area contributed by atoms with Crippen LogP contribution in [0.25, 0.3) is 0 Å². The molecule has 0 saturated carbocycles. The molecule has 1 saturated heterocycles. The summed E-state index contributed by atoms with van der Waals surface area (Å²) in [6, 6.07) is 15.4. The summed E-state index contributed by atoms with van der Waals surface area (Å²) in [5.41, 5.74) is 2.29. The maximum Gasteiger partial charge on any atom is 0.254 e. The van der Waals surface area contributed by atoms with Gasteiger partial charge in [-0.05, 0) is 37.1 Å². The van der Waals surface area contributed by atoms with Gasteiger partial charge in [0.1, 0.15) is 5.82 Å². The summed E-state index contributed by atoms with van der Waals surface area (Å²) in [5, 5.41) is 0. The molecule has 2 aromatic rings. The zero-order chi connectivity index (χ0) is 17.1. The number of amides is 1. The number of carbonyl (C=O) groups is 1. The number of halogens is 1. The summed E-state index contributed by atoms with van der Waals surface area (Å²) in [7, 11) is 0. The minimum atomic E-state index is -0.322. The molecule has 0 radical (unpaired) electrons. The van der Waals surface area contributed by atoms with E-state index in [1.165, 1.54) is 11.6 Å². The van der Waals surface area contributed by atoms with Gasteiger partial charge in [0.05, 0.1) is 0 Å². The Hall–Kier alpha value is -2.20. The standard InChI is InChI=1S/C20H23FN2O/c1-15-8-9-18(14-19(15)21)20(24)23-12-10-22(11-13-23)16(2)17-6-4-3-5-7-17/h3-9,14,16H,10-13H2,1-2H3. The number of carbonyl (C=O) groups excluding carboxylic acids is 1. The van der Waals surface area contributed by atoms with Gasteiger partial charge in [-0.15, -0.1) is 0 Å². The van der Waals surface area contributed by atoms with E-state index in [1.54, 1.807) is 19.1 Å². The predicted molar refractivity (Wildman–Crippen MR) is 93.5 cm³/mol. The van der Waals surface area contributed by atoms with Crippen molar-refractivity contribution in [2.75, 3.05) is 26.2 Å². The highest BCUT2D eigenvalue weighted by Gasteiger charge is 2.25. The molecule has 3 nitrogen and oxygen atoms in total. The van der Waals surface area contributed by atoms with Crippen molar-refractivity contribution in [1.82, 2.24) is 9.80 Å². The van der Waals surface area contributed by atoms with Crippen molar-refractivity contribution < 1.29 is 9.18 Å². The highest BCUT2D eigenvalue weighted by Crippen LogP contribution is 2.22. The lowest BCUT2D eigenvalue weighted by atomic mass is 10.1. The Labute approximate surface area is 142 Å². The van der Waals surface area contributed by atoms with Gasteiger partial charge in [-0.3, -0.25) is 9.69 Å². The Bertz CT molecular complexity index is 709. The molecule has 1 unspecified atom stereocenters. The third-order valence-electron chi connectivity index (χ3n) is 4.85. The quantitative estimate of drug-likeness (QED) is 0.859. The predicted octanol–water partition coefficient (Wildman–Crippen LogP) is 3.65.